The minimum atomic E-state index is -3.10. The Balaban J connectivity index is 1.57. The first-order valence-electron chi connectivity index (χ1n) is 9.41. The maximum atomic E-state index is 12.6. The molecule has 0 unspecified atom stereocenters. The van der Waals surface area contributed by atoms with E-state index in [1.54, 1.807) is 29.2 Å². The highest BCUT2D eigenvalue weighted by atomic mass is 32.2. The molecule has 1 amide bonds. The van der Waals surface area contributed by atoms with Gasteiger partial charge in [-0.05, 0) is 43.0 Å². The van der Waals surface area contributed by atoms with E-state index in [0.717, 1.165) is 12.8 Å². The quantitative estimate of drug-likeness (QED) is 0.461. The molecule has 0 bridgehead atoms. The lowest BCUT2D eigenvalue weighted by Gasteiger charge is -2.28. The van der Waals surface area contributed by atoms with Crippen molar-refractivity contribution in [2.75, 3.05) is 32.3 Å². The Morgan fingerprint density at radius 1 is 1.07 bits per heavy atom. The summed E-state index contributed by atoms with van der Waals surface area (Å²) in [6, 6.07) is 4.90. The second-order valence-corrected chi connectivity index (χ2v) is 9.40. The fourth-order valence-electron chi connectivity index (χ4n) is 3.40. The lowest BCUT2D eigenvalue weighted by Crippen LogP contribution is -2.44. The molecule has 1 saturated heterocycles. The number of esters is 1. The van der Waals surface area contributed by atoms with Crippen LogP contribution >= 0.6 is 0 Å². The van der Waals surface area contributed by atoms with Gasteiger partial charge in [0.2, 0.25) is 0 Å². The Morgan fingerprint density at radius 2 is 1.72 bits per heavy atom. The highest BCUT2D eigenvalue weighted by Crippen LogP contribution is 2.32. The summed E-state index contributed by atoms with van der Waals surface area (Å²) in [6.45, 7) is -0.405. The van der Waals surface area contributed by atoms with Crippen LogP contribution in [0.4, 0.5) is 0 Å². The molecule has 1 heterocycles. The largest absolute Gasteiger partial charge is 0.497 e. The van der Waals surface area contributed by atoms with Gasteiger partial charge in [-0.2, -0.15) is 0 Å². The van der Waals surface area contributed by atoms with Crippen molar-refractivity contribution < 1.29 is 32.2 Å². The molecule has 0 N–H and O–H groups in total. The minimum Gasteiger partial charge on any atom is -0.497 e. The van der Waals surface area contributed by atoms with Gasteiger partial charge in [0.15, 0.2) is 16.4 Å². The molecule has 8 nitrogen and oxygen atoms in total. The zero-order valence-corrected chi connectivity index (χ0v) is 17.3. The highest BCUT2D eigenvalue weighted by molar-refractivity contribution is 7.91. The first-order chi connectivity index (χ1) is 13.8. The molecular formula is C20H25NO7S. The van der Waals surface area contributed by atoms with Gasteiger partial charge in [-0.25, -0.2) is 13.2 Å². The van der Waals surface area contributed by atoms with E-state index in [0.29, 0.717) is 23.5 Å². The number of hydrogen-bond acceptors (Lipinski definition) is 7. The van der Waals surface area contributed by atoms with Gasteiger partial charge in [0, 0.05) is 24.2 Å². The molecule has 158 valence electrons. The number of sulfone groups is 1. The van der Waals surface area contributed by atoms with Crippen molar-refractivity contribution in [2.24, 2.45) is 0 Å². The molecule has 1 aliphatic heterocycles. The van der Waals surface area contributed by atoms with Crippen LogP contribution in [0.3, 0.4) is 0 Å². The van der Waals surface area contributed by atoms with Crippen molar-refractivity contribution in [1.29, 1.82) is 0 Å². The molecule has 0 spiro atoms. The molecule has 29 heavy (non-hydrogen) atoms. The van der Waals surface area contributed by atoms with E-state index in [-0.39, 0.29) is 29.5 Å². The first kappa shape index (κ1) is 21.2. The number of ether oxygens (including phenoxy) is 3. The Morgan fingerprint density at radius 3 is 2.24 bits per heavy atom. The molecule has 1 saturated carbocycles. The van der Waals surface area contributed by atoms with Crippen LogP contribution < -0.4 is 9.47 Å². The van der Waals surface area contributed by atoms with Crippen molar-refractivity contribution in [3.8, 4) is 11.5 Å². The number of nitrogens with zero attached hydrogens (tertiary/aromatic N) is 1. The van der Waals surface area contributed by atoms with Crippen molar-refractivity contribution in [3.05, 3.63) is 29.8 Å². The number of methoxy groups -OCH3 is 2. The lowest BCUT2D eigenvalue weighted by atomic mass is 10.2. The minimum absolute atomic E-state index is 0.0131. The summed E-state index contributed by atoms with van der Waals surface area (Å²) in [6.07, 6.45) is 4.92. The topological polar surface area (TPSA) is 99.2 Å². The van der Waals surface area contributed by atoms with Gasteiger partial charge in [-0.3, -0.25) is 4.79 Å². The Labute approximate surface area is 170 Å². The SMILES string of the molecule is COc1cc(/C=C/C(=O)OCC(=O)N(C2CC2)[C@H]2CCS(=O)(=O)C2)cc(OC)c1. The summed E-state index contributed by atoms with van der Waals surface area (Å²) in [7, 11) is -0.0329. The molecular weight excluding hydrogens is 398 g/mol. The van der Waals surface area contributed by atoms with Crippen LogP contribution in [-0.4, -0.2) is 69.6 Å². The van der Waals surface area contributed by atoms with Gasteiger partial charge in [0.25, 0.3) is 5.91 Å². The predicted molar refractivity (Wildman–Crippen MR) is 106 cm³/mol. The average Bonchev–Trinajstić information content (AvgIpc) is 3.47. The summed E-state index contributed by atoms with van der Waals surface area (Å²) in [5.74, 6) is 0.245. The standard InChI is InChI=1S/C20H25NO7S/c1-26-17-9-14(10-18(11-17)27-2)3-6-20(23)28-12-19(22)21(15-4-5-15)16-7-8-29(24,25)13-16/h3,6,9-11,15-16H,4-5,7-8,12-13H2,1-2H3/b6-3+/t16-/m0/s1. The van der Waals surface area contributed by atoms with Crippen LogP contribution in [0.5, 0.6) is 11.5 Å². The summed E-state index contributed by atoms with van der Waals surface area (Å²) in [5, 5.41) is 0. The second kappa shape index (κ2) is 8.86. The summed E-state index contributed by atoms with van der Waals surface area (Å²) in [4.78, 5) is 26.2. The number of hydrogen-bond donors (Lipinski definition) is 0. The zero-order valence-electron chi connectivity index (χ0n) is 16.5. The highest BCUT2D eigenvalue weighted by Gasteiger charge is 2.42. The Kier molecular flexibility index (Phi) is 6.46. The molecule has 3 rings (SSSR count). The third-order valence-corrected chi connectivity index (χ3v) is 6.70. The van der Waals surface area contributed by atoms with E-state index >= 15 is 0 Å². The lowest BCUT2D eigenvalue weighted by molar-refractivity contribution is -0.149. The van der Waals surface area contributed by atoms with Crippen molar-refractivity contribution in [3.63, 3.8) is 0 Å². The normalized spacial score (nSPS) is 20.4. The molecule has 0 radical (unpaired) electrons. The van der Waals surface area contributed by atoms with Gasteiger partial charge in [-0.15, -0.1) is 0 Å². The monoisotopic (exact) mass is 423 g/mol. The van der Waals surface area contributed by atoms with Gasteiger partial charge in [0.1, 0.15) is 11.5 Å². The second-order valence-electron chi connectivity index (χ2n) is 7.18. The van der Waals surface area contributed by atoms with Crippen LogP contribution in [0, 0.1) is 0 Å². The number of rotatable bonds is 8. The Hall–Kier alpha value is -2.55. The molecule has 1 atom stereocenters. The fourth-order valence-corrected chi connectivity index (χ4v) is 5.11. The van der Waals surface area contributed by atoms with Crippen molar-refractivity contribution in [1.82, 2.24) is 4.90 Å². The van der Waals surface area contributed by atoms with Crippen LogP contribution in [0.1, 0.15) is 24.8 Å². The summed E-state index contributed by atoms with van der Waals surface area (Å²) >= 11 is 0. The van der Waals surface area contributed by atoms with Crippen LogP contribution in [0.15, 0.2) is 24.3 Å². The molecule has 1 aromatic rings. The predicted octanol–water partition coefficient (Wildman–Crippen LogP) is 1.44. The van der Waals surface area contributed by atoms with Gasteiger partial charge < -0.3 is 19.1 Å². The maximum absolute atomic E-state index is 12.6. The summed E-state index contributed by atoms with van der Waals surface area (Å²) in [5.41, 5.74) is 0.681. The van der Waals surface area contributed by atoms with E-state index in [1.807, 2.05) is 0 Å². The van der Waals surface area contributed by atoms with Crippen LogP contribution in [0.25, 0.3) is 6.08 Å². The van der Waals surface area contributed by atoms with E-state index in [1.165, 1.54) is 20.3 Å². The number of amides is 1. The van der Waals surface area contributed by atoms with Gasteiger partial charge in [-0.1, -0.05) is 0 Å². The first-order valence-corrected chi connectivity index (χ1v) is 11.2. The maximum Gasteiger partial charge on any atom is 0.331 e. The molecule has 2 fully saturated rings. The van der Waals surface area contributed by atoms with Crippen LogP contribution in [-0.2, 0) is 24.2 Å². The molecule has 1 aromatic carbocycles. The van der Waals surface area contributed by atoms with E-state index in [4.69, 9.17) is 14.2 Å². The number of benzene rings is 1. The van der Waals surface area contributed by atoms with Gasteiger partial charge >= 0.3 is 5.97 Å². The molecule has 2 aliphatic rings. The third kappa shape index (κ3) is 5.72. The van der Waals surface area contributed by atoms with Crippen molar-refractivity contribution >= 4 is 27.8 Å². The Bertz CT molecular complexity index is 883. The summed E-state index contributed by atoms with van der Waals surface area (Å²) < 4.78 is 38.9. The average molecular weight is 423 g/mol. The molecule has 9 heteroatoms. The molecule has 0 aromatic heterocycles. The van der Waals surface area contributed by atoms with E-state index in [9.17, 15) is 18.0 Å². The van der Waals surface area contributed by atoms with Crippen molar-refractivity contribution in [2.45, 2.75) is 31.3 Å². The zero-order chi connectivity index (χ0) is 21.0. The molecule has 1 aliphatic carbocycles. The fraction of sp³-hybridized carbons (Fsp3) is 0.500. The van der Waals surface area contributed by atoms with E-state index in [2.05, 4.69) is 0 Å². The number of carbonyl (C=O) groups excluding carboxylic acids is 2. The third-order valence-electron chi connectivity index (χ3n) is 4.95. The smallest absolute Gasteiger partial charge is 0.331 e. The number of carbonyl (C=O) groups is 2. The van der Waals surface area contributed by atoms with Crippen LogP contribution in [0.2, 0.25) is 0 Å². The van der Waals surface area contributed by atoms with Gasteiger partial charge in [0.05, 0.1) is 25.7 Å². The van der Waals surface area contributed by atoms with E-state index < -0.39 is 22.4 Å².